The van der Waals surface area contributed by atoms with Crippen LogP contribution in [0.1, 0.15) is 31.1 Å². The molecule has 0 unspecified atom stereocenters. The Hall–Kier alpha value is -1.35. The van der Waals surface area contributed by atoms with Crippen molar-refractivity contribution in [2.24, 2.45) is 0 Å². The zero-order valence-electron chi connectivity index (χ0n) is 10.7. The molecule has 1 saturated heterocycles. The number of Topliss-reactive ketones (excluding diaryl/α,β-unsaturated/α-hetero) is 1. The zero-order chi connectivity index (χ0) is 12.5. The van der Waals surface area contributed by atoms with E-state index in [1.54, 1.807) is 6.92 Å². The number of ketones is 1. The van der Waals surface area contributed by atoms with E-state index in [-0.39, 0.29) is 11.3 Å². The van der Waals surface area contributed by atoms with Gasteiger partial charge in [-0.1, -0.05) is 12.1 Å². The predicted octanol–water partition coefficient (Wildman–Crippen LogP) is 2.50. The number of ether oxygens (including phenoxy) is 1. The van der Waals surface area contributed by atoms with Crippen LogP contribution in [0, 0.1) is 0 Å². The van der Waals surface area contributed by atoms with Gasteiger partial charge >= 0.3 is 0 Å². The second-order valence-corrected chi connectivity index (χ2v) is 5.09. The predicted molar refractivity (Wildman–Crippen MR) is 68.7 cm³/mol. The standard InChI is InChI=1S/C14H19NO2/c1-11(16)12-6-4-5-7-13(12)15-8-9-17-10-14(15,2)3/h4-7H,8-10H2,1-3H3. The van der Waals surface area contributed by atoms with Gasteiger partial charge in [0, 0.05) is 17.8 Å². The van der Waals surface area contributed by atoms with Crippen LogP contribution in [0.5, 0.6) is 0 Å². The van der Waals surface area contributed by atoms with E-state index in [1.165, 1.54) is 0 Å². The summed E-state index contributed by atoms with van der Waals surface area (Å²) in [5, 5.41) is 0. The van der Waals surface area contributed by atoms with Crippen LogP contribution >= 0.6 is 0 Å². The molecule has 1 heterocycles. The molecule has 0 spiro atoms. The van der Waals surface area contributed by atoms with Gasteiger partial charge in [-0.2, -0.15) is 0 Å². The zero-order valence-corrected chi connectivity index (χ0v) is 10.7. The third-order valence-corrected chi connectivity index (χ3v) is 3.22. The van der Waals surface area contributed by atoms with Crippen LogP contribution in [0.25, 0.3) is 0 Å². The number of morpholine rings is 1. The summed E-state index contributed by atoms with van der Waals surface area (Å²) in [6.07, 6.45) is 0. The van der Waals surface area contributed by atoms with E-state index >= 15 is 0 Å². The maximum Gasteiger partial charge on any atom is 0.161 e. The molecule has 3 heteroatoms. The molecular weight excluding hydrogens is 214 g/mol. The van der Waals surface area contributed by atoms with E-state index in [4.69, 9.17) is 4.74 Å². The lowest BCUT2D eigenvalue weighted by molar-refractivity contribution is 0.0642. The van der Waals surface area contributed by atoms with Gasteiger partial charge in [0.1, 0.15) is 0 Å². The Labute approximate surface area is 102 Å². The highest BCUT2D eigenvalue weighted by molar-refractivity contribution is 5.99. The minimum Gasteiger partial charge on any atom is -0.377 e. The first-order valence-corrected chi connectivity index (χ1v) is 5.98. The monoisotopic (exact) mass is 233 g/mol. The largest absolute Gasteiger partial charge is 0.377 e. The van der Waals surface area contributed by atoms with Crippen LogP contribution in [-0.2, 0) is 4.74 Å². The molecule has 0 aliphatic carbocycles. The lowest BCUT2D eigenvalue weighted by Gasteiger charge is -2.44. The number of hydrogen-bond acceptors (Lipinski definition) is 3. The first-order chi connectivity index (χ1) is 8.02. The highest BCUT2D eigenvalue weighted by Crippen LogP contribution is 2.29. The fraction of sp³-hybridized carbons (Fsp3) is 0.500. The molecular formula is C14H19NO2. The Balaban J connectivity index is 2.42. The Morgan fingerprint density at radius 1 is 1.35 bits per heavy atom. The van der Waals surface area contributed by atoms with Crippen molar-refractivity contribution in [2.75, 3.05) is 24.7 Å². The van der Waals surface area contributed by atoms with E-state index in [9.17, 15) is 4.79 Å². The molecule has 1 aromatic rings. The second-order valence-electron chi connectivity index (χ2n) is 5.09. The molecule has 1 aromatic carbocycles. The average molecular weight is 233 g/mol. The quantitative estimate of drug-likeness (QED) is 0.735. The van der Waals surface area contributed by atoms with Gasteiger partial charge in [-0.3, -0.25) is 4.79 Å². The molecule has 3 nitrogen and oxygen atoms in total. The van der Waals surface area contributed by atoms with Crippen molar-refractivity contribution in [3.8, 4) is 0 Å². The number of rotatable bonds is 2. The van der Waals surface area contributed by atoms with Crippen LogP contribution in [0.15, 0.2) is 24.3 Å². The summed E-state index contributed by atoms with van der Waals surface area (Å²) in [5.41, 5.74) is 1.75. The third-order valence-electron chi connectivity index (χ3n) is 3.22. The minimum atomic E-state index is -0.0657. The topological polar surface area (TPSA) is 29.5 Å². The molecule has 0 atom stereocenters. The average Bonchev–Trinajstić information content (AvgIpc) is 2.28. The van der Waals surface area contributed by atoms with E-state index in [1.807, 2.05) is 24.3 Å². The number of benzene rings is 1. The SMILES string of the molecule is CC(=O)c1ccccc1N1CCOCC1(C)C. The van der Waals surface area contributed by atoms with Crippen molar-refractivity contribution in [1.29, 1.82) is 0 Å². The van der Waals surface area contributed by atoms with E-state index < -0.39 is 0 Å². The van der Waals surface area contributed by atoms with Crippen LogP contribution in [0.3, 0.4) is 0 Å². The smallest absolute Gasteiger partial charge is 0.161 e. The number of carbonyl (C=O) groups excluding carboxylic acids is 1. The van der Waals surface area contributed by atoms with Crippen LogP contribution in [0.2, 0.25) is 0 Å². The molecule has 0 saturated carbocycles. The van der Waals surface area contributed by atoms with Gasteiger partial charge in [-0.25, -0.2) is 0 Å². The van der Waals surface area contributed by atoms with Gasteiger partial charge in [0.25, 0.3) is 0 Å². The summed E-state index contributed by atoms with van der Waals surface area (Å²) < 4.78 is 5.51. The summed E-state index contributed by atoms with van der Waals surface area (Å²) in [4.78, 5) is 13.9. The van der Waals surface area contributed by atoms with Crippen molar-refractivity contribution >= 4 is 11.5 Å². The van der Waals surface area contributed by atoms with Gasteiger partial charge in [0.15, 0.2) is 5.78 Å². The molecule has 17 heavy (non-hydrogen) atoms. The first-order valence-electron chi connectivity index (χ1n) is 5.98. The van der Waals surface area contributed by atoms with E-state index in [0.717, 1.165) is 24.4 Å². The Bertz CT molecular complexity index is 426. The number of carbonyl (C=O) groups is 1. The fourth-order valence-electron chi connectivity index (χ4n) is 2.31. The molecule has 0 bridgehead atoms. The maximum atomic E-state index is 11.7. The van der Waals surface area contributed by atoms with Gasteiger partial charge in [0.05, 0.1) is 18.8 Å². The maximum absolute atomic E-state index is 11.7. The molecule has 0 amide bonds. The van der Waals surface area contributed by atoms with Crippen LogP contribution in [-0.4, -0.2) is 31.1 Å². The van der Waals surface area contributed by atoms with E-state index in [2.05, 4.69) is 18.7 Å². The Kier molecular flexibility index (Phi) is 3.20. The van der Waals surface area contributed by atoms with Crippen molar-refractivity contribution in [3.63, 3.8) is 0 Å². The number of anilines is 1. The lowest BCUT2D eigenvalue weighted by Crippen LogP contribution is -2.53. The Morgan fingerprint density at radius 2 is 2.06 bits per heavy atom. The normalized spacial score (nSPS) is 19.1. The highest BCUT2D eigenvalue weighted by atomic mass is 16.5. The molecule has 2 rings (SSSR count). The lowest BCUT2D eigenvalue weighted by atomic mass is 9.98. The van der Waals surface area contributed by atoms with Crippen molar-refractivity contribution in [1.82, 2.24) is 0 Å². The molecule has 1 aliphatic rings. The fourth-order valence-corrected chi connectivity index (χ4v) is 2.31. The molecule has 0 radical (unpaired) electrons. The van der Waals surface area contributed by atoms with Crippen LogP contribution in [0.4, 0.5) is 5.69 Å². The number of hydrogen-bond donors (Lipinski definition) is 0. The molecule has 92 valence electrons. The molecule has 1 fully saturated rings. The number of para-hydroxylation sites is 1. The second kappa shape index (κ2) is 4.49. The van der Waals surface area contributed by atoms with Gasteiger partial charge in [-0.05, 0) is 32.9 Å². The Morgan fingerprint density at radius 3 is 2.71 bits per heavy atom. The van der Waals surface area contributed by atoms with Crippen molar-refractivity contribution in [3.05, 3.63) is 29.8 Å². The summed E-state index contributed by atoms with van der Waals surface area (Å²) in [7, 11) is 0. The van der Waals surface area contributed by atoms with Crippen LogP contribution < -0.4 is 4.90 Å². The highest BCUT2D eigenvalue weighted by Gasteiger charge is 2.32. The summed E-state index contributed by atoms with van der Waals surface area (Å²) in [6, 6.07) is 7.80. The van der Waals surface area contributed by atoms with Gasteiger partial charge in [-0.15, -0.1) is 0 Å². The van der Waals surface area contributed by atoms with Gasteiger partial charge < -0.3 is 9.64 Å². The first kappa shape index (κ1) is 12.1. The van der Waals surface area contributed by atoms with Gasteiger partial charge in [0.2, 0.25) is 0 Å². The summed E-state index contributed by atoms with van der Waals surface area (Å²) >= 11 is 0. The summed E-state index contributed by atoms with van der Waals surface area (Å²) in [6.45, 7) is 8.14. The molecule has 0 N–H and O–H groups in total. The summed E-state index contributed by atoms with van der Waals surface area (Å²) in [5.74, 6) is 0.114. The number of nitrogens with zero attached hydrogens (tertiary/aromatic N) is 1. The minimum absolute atomic E-state index is 0.0657. The third kappa shape index (κ3) is 2.34. The molecule has 0 aromatic heterocycles. The molecule has 1 aliphatic heterocycles. The van der Waals surface area contributed by atoms with Crippen molar-refractivity contribution < 1.29 is 9.53 Å². The van der Waals surface area contributed by atoms with Crippen molar-refractivity contribution in [2.45, 2.75) is 26.3 Å². The van der Waals surface area contributed by atoms with E-state index in [0.29, 0.717) is 6.61 Å².